The van der Waals surface area contributed by atoms with Crippen LogP contribution in [0.1, 0.15) is 12.7 Å². The summed E-state index contributed by atoms with van der Waals surface area (Å²) >= 11 is 0. The number of benzene rings is 1. The molecule has 2 rings (SSSR count). The van der Waals surface area contributed by atoms with Gasteiger partial charge in [0.15, 0.2) is 0 Å². The lowest BCUT2D eigenvalue weighted by Gasteiger charge is -1.89. The monoisotopic (exact) mass is 191 g/mol. The summed E-state index contributed by atoms with van der Waals surface area (Å²) in [6.45, 7) is 1.98. The number of furan rings is 1. The molecule has 0 aliphatic carbocycles. The van der Waals surface area contributed by atoms with E-state index in [2.05, 4.69) is 0 Å². The van der Waals surface area contributed by atoms with Crippen LogP contribution in [0.5, 0.6) is 0 Å². The van der Waals surface area contributed by atoms with Gasteiger partial charge in [0.1, 0.15) is 11.3 Å². The predicted octanol–water partition coefficient (Wildman–Crippen LogP) is 2.90. The normalized spacial score (nSPS) is 10.6. The van der Waals surface area contributed by atoms with Gasteiger partial charge in [-0.1, -0.05) is 6.92 Å². The Labute approximate surface area is 80.3 Å². The van der Waals surface area contributed by atoms with Crippen molar-refractivity contribution in [3.8, 4) is 0 Å². The molecule has 1 aromatic carbocycles. The summed E-state index contributed by atoms with van der Waals surface area (Å²) in [5, 5.41) is 11.3. The van der Waals surface area contributed by atoms with E-state index in [1.165, 1.54) is 12.1 Å². The van der Waals surface area contributed by atoms with E-state index in [1.807, 2.05) is 13.0 Å². The lowest BCUT2D eigenvalue weighted by atomic mass is 10.2. The molecular weight excluding hydrogens is 182 g/mol. The van der Waals surface area contributed by atoms with Gasteiger partial charge in [-0.15, -0.1) is 0 Å². The summed E-state index contributed by atoms with van der Waals surface area (Å²) in [4.78, 5) is 10.1. The van der Waals surface area contributed by atoms with Gasteiger partial charge in [-0.3, -0.25) is 10.1 Å². The van der Waals surface area contributed by atoms with Crippen LogP contribution < -0.4 is 0 Å². The molecule has 0 amide bonds. The average molecular weight is 191 g/mol. The number of nitro benzene ring substituents is 1. The Kier molecular flexibility index (Phi) is 1.96. The second kappa shape index (κ2) is 3.14. The Balaban J connectivity index is 2.59. The largest absolute Gasteiger partial charge is 0.461 e. The molecule has 0 aliphatic heterocycles. The topological polar surface area (TPSA) is 56.3 Å². The number of hydrogen-bond donors (Lipinski definition) is 0. The molecule has 0 N–H and O–H groups in total. The van der Waals surface area contributed by atoms with Crippen LogP contribution in [-0.4, -0.2) is 4.92 Å². The molecule has 0 radical (unpaired) electrons. The van der Waals surface area contributed by atoms with Gasteiger partial charge in [-0.2, -0.15) is 0 Å². The first-order chi connectivity index (χ1) is 6.70. The second-order valence-electron chi connectivity index (χ2n) is 3.05. The molecule has 0 unspecified atom stereocenters. The van der Waals surface area contributed by atoms with Crippen molar-refractivity contribution in [3.05, 3.63) is 40.1 Å². The minimum Gasteiger partial charge on any atom is -0.461 e. The molecule has 0 fully saturated rings. The summed E-state index contributed by atoms with van der Waals surface area (Å²) in [5.74, 6) is 0.848. The van der Waals surface area contributed by atoms with Crippen molar-refractivity contribution in [2.24, 2.45) is 0 Å². The standard InChI is InChI=1S/C10H9NO3/c1-2-9-6-7-5-8(11(12)13)3-4-10(7)14-9/h3-6H,2H2,1H3. The highest BCUT2D eigenvalue weighted by Crippen LogP contribution is 2.24. The molecule has 0 saturated heterocycles. The van der Waals surface area contributed by atoms with Crippen LogP contribution in [0.25, 0.3) is 11.0 Å². The highest BCUT2D eigenvalue weighted by molar-refractivity contribution is 5.80. The first kappa shape index (κ1) is 8.74. The van der Waals surface area contributed by atoms with E-state index < -0.39 is 4.92 Å². The van der Waals surface area contributed by atoms with Crippen molar-refractivity contribution in [2.45, 2.75) is 13.3 Å². The third-order valence-electron chi connectivity index (χ3n) is 2.11. The molecule has 4 heteroatoms. The van der Waals surface area contributed by atoms with Crippen molar-refractivity contribution in [1.29, 1.82) is 0 Å². The smallest absolute Gasteiger partial charge is 0.270 e. The van der Waals surface area contributed by atoms with E-state index >= 15 is 0 Å². The van der Waals surface area contributed by atoms with Crippen molar-refractivity contribution in [2.75, 3.05) is 0 Å². The highest BCUT2D eigenvalue weighted by Gasteiger charge is 2.08. The van der Waals surface area contributed by atoms with E-state index in [9.17, 15) is 10.1 Å². The number of aryl methyl sites for hydroxylation is 1. The summed E-state index contributed by atoms with van der Waals surface area (Å²) in [7, 11) is 0. The van der Waals surface area contributed by atoms with E-state index in [-0.39, 0.29) is 5.69 Å². The maximum Gasteiger partial charge on any atom is 0.270 e. The fraction of sp³-hybridized carbons (Fsp3) is 0.200. The molecule has 0 bridgehead atoms. The van der Waals surface area contributed by atoms with Crippen molar-refractivity contribution in [3.63, 3.8) is 0 Å². The molecule has 0 atom stereocenters. The zero-order valence-electron chi connectivity index (χ0n) is 7.69. The van der Waals surface area contributed by atoms with Gasteiger partial charge in [0.25, 0.3) is 5.69 Å². The van der Waals surface area contributed by atoms with E-state index in [4.69, 9.17) is 4.42 Å². The Bertz CT molecular complexity index is 487. The number of nitrogens with zero attached hydrogens (tertiary/aromatic N) is 1. The molecule has 0 spiro atoms. The van der Waals surface area contributed by atoms with Crippen LogP contribution in [-0.2, 0) is 6.42 Å². The molecule has 1 heterocycles. The van der Waals surface area contributed by atoms with Gasteiger partial charge in [0, 0.05) is 23.9 Å². The SMILES string of the molecule is CCc1cc2cc([N+](=O)[O-])ccc2o1. The van der Waals surface area contributed by atoms with Crippen LogP contribution >= 0.6 is 0 Å². The lowest BCUT2D eigenvalue weighted by Crippen LogP contribution is -1.85. The van der Waals surface area contributed by atoms with E-state index in [0.717, 1.165) is 17.6 Å². The summed E-state index contributed by atoms with van der Waals surface area (Å²) in [5.41, 5.74) is 0.799. The minimum absolute atomic E-state index is 0.0981. The van der Waals surface area contributed by atoms with Crippen LogP contribution in [0.3, 0.4) is 0 Å². The Morgan fingerprint density at radius 3 is 2.86 bits per heavy atom. The van der Waals surface area contributed by atoms with Gasteiger partial charge < -0.3 is 4.42 Å². The Hall–Kier alpha value is -1.84. The third-order valence-corrected chi connectivity index (χ3v) is 2.11. The average Bonchev–Trinajstić information content (AvgIpc) is 2.58. The van der Waals surface area contributed by atoms with E-state index in [1.54, 1.807) is 6.07 Å². The summed E-state index contributed by atoms with van der Waals surface area (Å²) in [6, 6.07) is 6.44. The first-order valence-electron chi connectivity index (χ1n) is 4.37. The molecule has 14 heavy (non-hydrogen) atoms. The first-order valence-corrected chi connectivity index (χ1v) is 4.37. The maximum absolute atomic E-state index is 10.5. The number of nitro groups is 1. The second-order valence-corrected chi connectivity index (χ2v) is 3.05. The minimum atomic E-state index is -0.405. The third kappa shape index (κ3) is 1.35. The fourth-order valence-electron chi connectivity index (χ4n) is 1.37. The van der Waals surface area contributed by atoms with Gasteiger partial charge in [-0.25, -0.2) is 0 Å². The zero-order valence-corrected chi connectivity index (χ0v) is 7.69. The van der Waals surface area contributed by atoms with Gasteiger partial charge in [0.05, 0.1) is 4.92 Å². The van der Waals surface area contributed by atoms with Crippen LogP contribution in [0.4, 0.5) is 5.69 Å². The Morgan fingerprint density at radius 2 is 2.21 bits per heavy atom. The quantitative estimate of drug-likeness (QED) is 0.541. The molecule has 4 nitrogen and oxygen atoms in total. The molecule has 1 aromatic heterocycles. The molecule has 0 aliphatic rings. The summed E-state index contributed by atoms with van der Waals surface area (Å²) < 4.78 is 5.43. The number of fused-ring (bicyclic) bond motifs is 1. The van der Waals surface area contributed by atoms with Crippen molar-refractivity contribution >= 4 is 16.7 Å². The molecule has 2 aromatic rings. The van der Waals surface area contributed by atoms with E-state index in [0.29, 0.717) is 5.58 Å². The predicted molar refractivity (Wildman–Crippen MR) is 52.2 cm³/mol. The molecular formula is C10H9NO3. The maximum atomic E-state index is 10.5. The van der Waals surface area contributed by atoms with Crippen LogP contribution in [0, 0.1) is 10.1 Å². The van der Waals surface area contributed by atoms with Crippen molar-refractivity contribution < 1.29 is 9.34 Å². The fourth-order valence-corrected chi connectivity index (χ4v) is 1.37. The van der Waals surface area contributed by atoms with Gasteiger partial charge >= 0.3 is 0 Å². The Morgan fingerprint density at radius 1 is 1.43 bits per heavy atom. The van der Waals surface area contributed by atoms with Crippen LogP contribution in [0.2, 0.25) is 0 Å². The lowest BCUT2D eigenvalue weighted by molar-refractivity contribution is -0.384. The van der Waals surface area contributed by atoms with Crippen LogP contribution in [0.15, 0.2) is 28.7 Å². The van der Waals surface area contributed by atoms with Gasteiger partial charge in [0.2, 0.25) is 0 Å². The summed E-state index contributed by atoms with van der Waals surface area (Å²) in [6.07, 6.45) is 0.794. The zero-order chi connectivity index (χ0) is 10.1. The number of non-ortho nitro benzene ring substituents is 1. The van der Waals surface area contributed by atoms with Crippen molar-refractivity contribution in [1.82, 2.24) is 0 Å². The highest BCUT2D eigenvalue weighted by atomic mass is 16.6. The number of hydrogen-bond acceptors (Lipinski definition) is 3. The molecule has 72 valence electrons. The molecule has 0 saturated carbocycles. The van der Waals surface area contributed by atoms with Gasteiger partial charge in [-0.05, 0) is 12.1 Å². The number of rotatable bonds is 2.